The smallest absolute Gasteiger partial charge is 0.337 e. The third-order valence-corrected chi connectivity index (χ3v) is 7.05. The molecule has 0 unspecified atom stereocenters. The molecule has 0 heterocycles. The second-order valence-corrected chi connectivity index (χ2v) is 9.88. The number of rotatable bonds is 7. The topological polar surface area (TPSA) is 148 Å². The molecule has 0 saturated heterocycles. The van der Waals surface area contributed by atoms with E-state index >= 15 is 0 Å². The van der Waals surface area contributed by atoms with Gasteiger partial charge in [-0.2, -0.15) is 0 Å². The minimum absolute atomic E-state index is 0.127. The Morgan fingerprint density at radius 1 is 0.758 bits per heavy atom. The van der Waals surface area contributed by atoms with Gasteiger partial charge in [-0.1, -0.05) is 30.3 Å². The largest absolute Gasteiger partial charge is 0.465 e. The maximum absolute atomic E-state index is 12.9. The van der Waals surface area contributed by atoms with E-state index in [0.29, 0.717) is 0 Å². The molecule has 172 valence electrons. The van der Waals surface area contributed by atoms with E-state index in [1.165, 1.54) is 79.9 Å². The molecule has 3 rings (SSSR count). The number of hydrogen-bond donors (Lipinski definition) is 3. The van der Waals surface area contributed by atoms with E-state index in [0.717, 1.165) is 0 Å². The average molecular weight is 490 g/mol. The minimum atomic E-state index is -4.18. The summed E-state index contributed by atoms with van der Waals surface area (Å²) in [6, 6.07) is 17.1. The molecule has 0 aliphatic rings. The van der Waals surface area contributed by atoms with E-state index < -0.39 is 32.0 Å². The first-order valence-electron chi connectivity index (χ1n) is 9.31. The van der Waals surface area contributed by atoms with Crippen molar-refractivity contribution in [3.05, 3.63) is 84.4 Å². The van der Waals surface area contributed by atoms with Crippen LogP contribution in [0, 0.1) is 0 Å². The van der Waals surface area contributed by atoms with Gasteiger partial charge in [0.1, 0.15) is 4.90 Å². The number of methoxy groups -OCH3 is 1. The highest BCUT2D eigenvalue weighted by Crippen LogP contribution is 2.24. The van der Waals surface area contributed by atoms with Gasteiger partial charge < -0.3 is 10.1 Å². The number of amides is 2. The van der Waals surface area contributed by atoms with Crippen LogP contribution in [0.4, 0.5) is 16.2 Å². The van der Waals surface area contributed by atoms with Crippen LogP contribution >= 0.6 is 0 Å². The molecule has 0 aliphatic carbocycles. The van der Waals surface area contributed by atoms with Crippen LogP contribution < -0.4 is 14.8 Å². The van der Waals surface area contributed by atoms with E-state index in [4.69, 9.17) is 0 Å². The zero-order valence-electron chi connectivity index (χ0n) is 17.2. The quantitative estimate of drug-likeness (QED) is 0.432. The normalized spacial score (nSPS) is 11.3. The highest BCUT2D eigenvalue weighted by molar-refractivity contribution is 7.93. The van der Waals surface area contributed by atoms with Gasteiger partial charge in [0.05, 0.1) is 23.3 Å². The van der Waals surface area contributed by atoms with Crippen molar-refractivity contribution < 1.29 is 31.2 Å². The highest BCUT2D eigenvalue weighted by Gasteiger charge is 2.22. The molecular weight excluding hydrogens is 470 g/mol. The van der Waals surface area contributed by atoms with E-state index in [1.54, 1.807) is 6.07 Å². The number of anilines is 2. The van der Waals surface area contributed by atoms with Crippen molar-refractivity contribution in [1.29, 1.82) is 0 Å². The number of sulfonamides is 2. The van der Waals surface area contributed by atoms with Crippen molar-refractivity contribution >= 4 is 43.4 Å². The van der Waals surface area contributed by atoms with Crippen molar-refractivity contribution in [3.8, 4) is 0 Å². The van der Waals surface area contributed by atoms with Crippen LogP contribution in [0.1, 0.15) is 10.4 Å². The predicted molar refractivity (Wildman–Crippen MR) is 121 cm³/mol. The van der Waals surface area contributed by atoms with Gasteiger partial charge in [0, 0.05) is 5.69 Å². The summed E-state index contributed by atoms with van der Waals surface area (Å²) in [7, 11) is -7.11. The average Bonchev–Trinajstić information content (AvgIpc) is 2.79. The lowest BCUT2D eigenvalue weighted by molar-refractivity contribution is 0.0600. The second kappa shape index (κ2) is 9.71. The summed E-state index contributed by atoms with van der Waals surface area (Å²) in [5, 5.41) is 2.25. The number of urea groups is 1. The molecule has 3 aromatic carbocycles. The second-order valence-electron chi connectivity index (χ2n) is 6.54. The van der Waals surface area contributed by atoms with Crippen molar-refractivity contribution in [2.75, 3.05) is 17.1 Å². The molecule has 2 amide bonds. The van der Waals surface area contributed by atoms with Crippen LogP contribution in [0.25, 0.3) is 0 Å². The van der Waals surface area contributed by atoms with Crippen LogP contribution in [0.3, 0.4) is 0 Å². The number of carbonyl (C=O) groups is 2. The molecule has 3 aromatic rings. The molecule has 3 N–H and O–H groups in total. The Balaban J connectivity index is 1.79. The molecule has 12 heteroatoms. The van der Waals surface area contributed by atoms with Crippen molar-refractivity contribution in [3.63, 3.8) is 0 Å². The number of para-hydroxylation sites is 1. The molecule has 0 fully saturated rings. The van der Waals surface area contributed by atoms with Crippen LogP contribution in [0.2, 0.25) is 0 Å². The molecule has 0 aliphatic heterocycles. The van der Waals surface area contributed by atoms with Gasteiger partial charge in [-0.15, -0.1) is 0 Å². The first-order chi connectivity index (χ1) is 15.6. The zero-order chi connectivity index (χ0) is 24.1. The van der Waals surface area contributed by atoms with Gasteiger partial charge in [-0.25, -0.2) is 31.1 Å². The lowest BCUT2D eigenvalue weighted by atomic mass is 10.2. The standard InChI is InChI=1S/C21H19N3O7S2/c1-31-20(25)15-11-13-16(14-12-15)23-33(29,30)19-10-6-5-9-18(19)22-21(26)24-32(27,28)17-7-3-2-4-8-17/h2-14,23H,1H3,(H2,22,24,26). The number of carbonyl (C=O) groups excluding carboxylic acids is 2. The highest BCUT2D eigenvalue weighted by atomic mass is 32.2. The van der Waals surface area contributed by atoms with E-state index in [1.807, 2.05) is 4.72 Å². The Bertz CT molecular complexity index is 1370. The molecule has 33 heavy (non-hydrogen) atoms. The van der Waals surface area contributed by atoms with Crippen molar-refractivity contribution in [2.45, 2.75) is 9.79 Å². The predicted octanol–water partition coefficient (Wildman–Crippen LogP) is 2.78. The number of nitrogens with one attached hydrogen (secondary N) is 3. The number of hydrogen-bond acceptors (Lipinski definition) is 7. The number of ether oxygens (including phenoxy) is 1. The summed E-state index contributed by atoms with van der Waals surface area (Å²) >= 11 is 0. The van der Waals surface area contributed by atoms with Crippen LogP contribution in [0.5, 0.6) is 0 Å². The van der Waals surface area contributed by atoms with Crippen LogP contribution in [0.15, 0.2) is 88.7 Å². The van der Waals surface area contributed by atoms with Gasteiger partial charge in [-0.05, 0) is 48.5 Å². The fraction of sp³-hybridized carbons (Fsp3) is 0.0476. The molecule has 0 saturated carbocycles. The summed E-state index contributed by atoms with van der Waals surface area (Å²) in [6.45, 7) is 0. The Labute approximate surface area is 190 Å². The molecule has 0 spiro atoms. The van der Waals surface area contributed by atoms with Gasteiger partial charge >= 0.3 is 12.0 Å². The first kappa shape index (κ1) is 23.8. The number of benzene rings is 3. The monoisotopic (exact) mass is 489 g/mol. The maximum atomic E-state index is 12.9. The molecule has 0 bridgehead atoms. The molecular formula is C21H19N3O7S2. The SMILES string of the molecule is COC(=O)c1ccc(NS(=O)(=O)c2ccccc2NC(=O)NS(=O)(=O)c2ccccc2)cc1. The van der Waals surface area contributed by atoms with Crippen LogP contribution in [-0.4, -0.2) is 35.9 Å². The molecule has 0 aromatic heterocycles. The van der Waals surface area contributed by atoms with Gasteiger partial charge in [0.15, 0.2) is 0 Å². The lowest BCUT2D eigenvalue weighted by Gasteiger charge is -2.14. The zero-order valence-corrected chi connectivity index (χ0v) is 18.8. The van der Waals surface area contributed by atoms with Gasteiger partial charge in [-0.3, -0.25) is 4.72 Å². The van der Waals surface area contributed by atoms with E-state index in [-0.39, 0.29) is 26.7 Å². The molecule has 0 atom stereocenters. The first-order valence-corrected chi connectivity index (χ1v) is 12.3. The van der Waals surface area contributed by atoms with Crippen LogP contribution in [-0.2, 0) is 24.8 Å². The lowest BCUT2D eigenvalue weighted by Crippen LogP contribution is -2.34. The fourth-order valence-electron chi connectivity index (χ4n) is 2.74. The minimum Gasteiger partial charge on any atom is -0.465 e. The summed E-state index contributed by atoms with van der Waals surface area (Å²) < 4.78 is 59.2. The third kappa shape index (κ3) is 5.87. The Kier molecular flexibility index (Phi) is 6.99. The van der Waals surface area contributed by atoms with Crippen molar-refractivity contribution in [1.82, 2.24) is 4.72 Å². The van der Waals surface area contributed by atoms with E-state index in [9.17, 15) is 26.4 Å². The summed E-state index contributed by atoms with van der Waals surface area (Å²) in [5.74, 6) is -0.574. The van der Waals surface area contributed by atoms with E-state index in [2.05, 4.69) is 14.8 Å². The molecule has 0 radical (unpaired) electrons. The summed E-state index contributed by atoms with van der Waals surface area (Å²) in [6.07, 6.45) is 0. The van der Waals surface area contributed by atoms with Crippen molar-refractivity contribution in [2.24, 2.45) is 0 Å². The van der Waals surface area contributed by atoms with Gasteiger partial charge in [0.25, 0.3) is 20.0 Å². The maximum Gasteiger partial charge on any atom is 0.337 e. The molecule has 10 nitrogen and oxygen atoms in total. The fourth-order valence-corrected chi connectivity index (χ4v) is 4.89. The third-order valence-electron chi connectivity index (χ3n) is 4.26. The Morgan fingerprint density at radius 2 is 1.36 bits per heavy atom. The summed E-state index contributed by atoms with van der Waals surface area (Å²) in [4.78, 5) is 23.4. The number of esters is 1. The summed E-state index contributed by atoms with van der Waals surface area (Å²) in [5.41, 5.74) is 0.254. The van der Waals surface area contributed by atoms with Gasteiger partial charge in [0.2, 0.25) is 0 Å². The Morgan fingerprint density at radius 3 is 2.00 bits per heavy atom. The Hall–Kier alpha value is -3.90.